The summed E-state index contributed by atoms with van der Waals surface area (Å²) in [7, 11) is -0.262. The lowest BCUT2D eigenvalue weighted by molar-refractivity contribution is 0.345. The van der Waals surface area contributed by atoms with Crippen LogP contribution in [0.25, 0.3) is 0 Å². The van der Waals surface area contributed by atoms with Crippen molar-refractivity contribution in [2.24, 2.45) is 0 Å². The highest BCUT2D eigenvalue weighted by atomic mass is 32.2. The first-order valence-corrected chi connectivity index (χ1v) is 7.59. The lowest BCUT2D eigenvalue weighted by Crippen LogP contribution is -2.51. The molecule has 1 aromatic heterocycles. The molecule has 2 heterocycles. The van der Waals surface area contributed by atoms with Gasteiger partial charge in [-0.1, -0.05) is 12.0 Å². The molecule has 1 aliphatic rings. The van der Waals surface area contributed by atoms with Gasteiger partial charge < -0.3 is 9.32 Å². The van der Waals surface area contributed by atoms with Gasteiger partial charge in [-0.25, -0.2) is 0 Å². The largest absolute Gasteiger partial charge is 0.408 e. The monoisotopic (exact) mass is 289 g/mol. The molecule has 8 nitrogen and oxygen atoms in total. The fourth-order valence-electron chi connectivity index (χ4n) is 1.86. The van der Waals surface area contributed by atoms with Gasteiger partial charge in [-0.05, 0) is 0 Å². The van der Waals surface area contributed by atoms with Crippen molar-refractivity contribution in [1.29, 1.82) is 0 Å². The SMILES string of the molecule is CCc1nnc(N2CCN(S(=O)(=O)N(C)C)CC2)o1. The highest BCUT2D eigenvalue weighted by molar-refractivity contribution is 7.86. The van der Waals surface area contributed by atoms with Crippen LogP contribution < -0.4 is 4.90 Å². The third-order valence-electron chi connectivity index (χ3n) is 3.06. The summed E-state index contributed by atoms with van der Waals surface area (Å²) in [6.07, 6.45) is 0.696. The summed E-state index contributed by atoms with van der Waals surface area (Å²) in [4.78, 5) is 1.91. The smallest absolute Gasteiger partial charge is 0.318 e. The summed E-state index contributed by atoms with van der Waals surface area (Å²) in [5, 5.41) is 7.87. The van der Waals surface area contributed by atoms with Crippen LogP contribution in [-0.4, -0.2) is 67.5 Å². The Morgan fingerprint density at radius 1 is 1.21 bits per heavy atom. The van der Waals surface area contributed by atoms with Crippen LogP contribution in [0.2, 0.25) is 0 Å². The normalized spacial score (nSPS) is 18.2. The molecule has 1 saturated heterocycles. The maximum absolute atomic E-state index is 12.0. The van der Waals surface area contributed by atoms with E-state index in [0.717, 1.165) is 0 Å². The lowest BCUT2D eigenvalue weighted by Gasteiger charge is -2.34. The van der Waals surface area contributed by atoms with Crippen LogP contribution in [-0.2, 0) is 16.6 Å². The van der Waals surface area contributed by atoms with E-state index in [-0.39, 0.29) is 0 Å². The molecule has 9 heteroatoms. The molecule has 0 atom stereocenters. The van der Waals surface area contributed by atoms with Gasteiger partial charge in [0, 0.05) is 46.7 Å². The maximum Gasteiger partial charge on any atom is 0.318 e. The van der Waals surface area contributed by atoms with Crippen LogP contribution in [0, 0.1) is 0 Å². The fraction of sp³-hybridized carbons (Fsp3) is 0.800. The lowest BCUT2D eigenvalue weighted by atomic mass is 10.4. The van der Waals surface area contributed by atoms with E-state index in [1.807, 2.05) is 11.8 Å². The minimum Gasteiger partial charge on any atom is -0.408 e. The summed E-state index contributed by atoms with van der Waals surface area (Å²) in [5.41, 5.74) is 0. The molecule has 108 valence electrons. The third kappa shape index (κ3) is 2.88. The number of rotatable bonds is 4. The van der Waals surface area contributed by atoms with E-state index >= 15 is 0 Å². The fourth-order valence-corrected chi connectivity index (χ4v) is 2.94. The van der Waals surface area contributed by atoms with Crippen LogP contribution in [0.15, 0.2) is 4.42 Å². The van der Waals surface area contributed by atoms with Crippen molar-refractivity contribution >= 4 is 16.2 Å². The van der Waals surface area contributed by atoms with Gasteiger partial charge in [0.25, 0.3) is 10.2 Å². The molecule has 0 saturated carbocycles. The van der Waals surface area contributed by atoms with Gasteiger partial charge in [-0.15, -0.1) is 5.10 Å². The minimum absolute atomic E-state index is 0.421. The molecule has 0 unspecified atom stereocenters. The number of anilines is 1. The molecule has 0 radical (unpaired) electrons. The molecule has 19 heavy (non-hydrogen) atoms. The Labute approximate surface area is 113 Å². The minimum atomic E-state index is -3.33. The van der Waals surface area contributed by atoms with Gasteiger partial charge in [0.2, 0.25) is 5.89 Å². The van der Waals surface area contributed by atoms with E-state index in [1.54, 1.807) is 0 Å². The zero-order chi connectivity index (χ0) is 14.0. The van der Waals surface area contributed by atoms with Crippen molar-refractivity contribution in [3.8, 4) is 0 Å². The molecule has 1 aliphatic heterocycles. The van der Waals surface area contributed by atoms with Crippen molar-refractivity contribution in [3.05, 3.63) is 5.89 Å². The Morgan fingerprint density at radius 3 is 2.32 bits per heavy atom. The van der Waals surface area contributed by atoms with Crippen molar-refractivity contribution in [2.45, 2.75) is 13.3 Å². The molecule has 0 aliphatic carbocycles. The van der Waals surface area contributed by atoms with E-state index in [2.05, 4.69) is 10.2 Å². The third-order valence-corrected chi connectivity index (χ3v) is 5.00. The highest BCUT2D eigenvalue weighted by Crippen LogP contribution is 2.17. The Hall–Kier alpha value is -1.19. The number of aromatic nitrogens is 2. The highest BCUT2D eigenvalue weighted by Gasteiger charge is 2.30. The molecule has 0 amide bonds. The van der Waals surface area contributed by atoms with Gasteiger partial charge >= 0.3 is 6.01 Å². The Morgan fingerprint density at radius 2 is 1.84 bits per heavy atom. The first-order chi connectivity index (χ1) is 8.95. The average molecular weight is 289 g/mol. The Balaban J connectivity index is 1.99. The summed E-state index contributed by atoms with van der Waals surface area (Å²) in [5.74, 6) is 0.596. The maximum atomic E-state index is 12.0. The van der Waals surface area contributed by atoms with Crippen molar-refractivity contribution in [1.82, 2.24) is 18.8 Å². The van der Waals surface area contributed by atoms with Crippen LogP contribution >= 0.6 is 0 Å². The average Bonchev–Trinajstić information content (AvgIpc) is 2.87. The summed E-state index contributed by atoms with van der Waals surface area (Å²) >= 11 is 0. The predicted octanol–water partition coefficient (Wildman–Crippen LogP) is -0.440. The van der Waals surface area contributed by atoms with Gasteiger partial charge in [-0.3, -0.25) is 0 Å². The van der Waals surface area contributed by atoms with Crippen molar-refractivity contribution < 1.29 is 12.8 Å². The molecule has 1 aromatic rings. The summed E-state index contributed by atoms with van der Waals surface area (Å²) < 4.78 is 32.1. The van der Waals surface area contributed by atoms with Gasteiger partial charge in [-0.2, -0.15) is 17.0 Å². The van der Waals surface area contributed by atoms with E-state index in [0.29, 0.717) is 44.5 Å². The van der Waals surface area contributed by atoms with Crippen LogP contribution in [0.1, 0.15) is 12.8 Å². The number of nitrogens with zero attached hydrogens (tertiary/aromatic N) is 5. The number of hydrogen-bond acceptors (Lipinski definition) is 6. The Bertz CT molecular complexity index is 519. The zero-order valence-electron chi connectivity index (χ0n) is 11.4. The quantitative estimate of drug-likeness (QED) is 0.747. The van der Waals surface area contributed by atoms with Crippen molar-refractivity contribution in [3.63, 3.8) is 0 Å². The summed E-state index contributed by atoms with van der Waals surface area (Å²) in [6.45, 7) is 3.89. The molecule has 0 aromatic carbocycles. The molecule has 1 fully saturated rings. The zero-order valence-corrected chi connectivity index (χ0v) is 12.2. The van der Waals surface area contributed by atoms with Crippen LogP contribution in [0.4, 0.5) is 6.01 Å². The van der Waals surface area contributed by atoms with Crippen molar-refractivity contribution in [2.75, 3.05) is 45.2 Å². The van der Waals surface area contributed by atoms with Gasteiger partial charge in [0.05, 0.1) is 0 Å². The second-order valence-corrected chi connectivity index (χ2v) is 6.65. The topological polar surface area (TPSA) is 82.8 Å². The molecular weight excluding hydrogens is 270 g/mol. The van der Waals surface area contributed by atoms with E-state index in [1.165, 1.54) is 22.7 Å². The van der Waals surface area contributed by atoms with E-state index < -0.39 is 10.2 Å². The van der Waals surface area contributed by atoms with E-state index in [4.69, 9.17) is 4.42 Å². The first-order valence-electron chi connectivity index (χ1n) is 6.20. The second-order valence-electron chi connectivity index (χ2n) is 4.51. The molecule has 0 bridgehead atoms. The second kappa shape index (κ2) is 5.43. The number of piperazine rings is 1. The van der Waals surface area contributed by atoms with Crippen LogP contribution in [0.3, 0.4) is 0 Å². The number of hydrogen-bond donors (Lipinski definition) is 0. The number of aryl methyl sites for hydroxylation is 1. The molecule has 0 N–H and O–H groups in total. The predicted molar refractivity (Wildman–Crippen MR) is 70.1 cm³/mol. The summed E-state index contributed by atoms with van der Waals surface area (Å²) in [6, 6.07) is 0.471. The van der Waals surface area contributed by atoms with Crippen LogP contribution in [0.5, 0.6) is 0 Å². The standard InChI is InChI=1S/C10H19N5O3S/c1-4-9-11-12-10(18-9)14-5-7-15(8-6-14)19(16,17)13(2)3/h4-8H2,1-3H3. The molecule has 0 spiro atoms. The Kier molecular flexibility index (Phi) is 4.07. The van der Waals surface area contributed by atoms with Gasteiger partial charge in [0.15, 0.2) is 0 Å². The van der Waals surface area contributed by atoms with E-state index in [9.17, 15) is 8.42 Å². The first kappa shape index (κ1) is 14.2. The molecular formula is C10H19N5O3S. The molecule has 2 rings (SSSR count). The van der Waals surface area contributed by atoms with Gasteiger partial charge in [0.1, 0.15) is 0 Å².